The standard InChI is InChI=1S/C22H15FN2O/c23-16-9-6-10-17(13-16)24-22(26)19-14-21(15-7-2-1-3-8-15)25-20-12-5-4-11-18(19)20/h1-14H,(H,24,26). The second kappa shape index (κ2) is 6.76. The highest BCUT2D eigenvalue weighted by molar-refractivity contribution is 6.13. The van der Waals surface area contributed by atoms with Crippen molar-refractivity contribution in [2.24, 2.45) is 0 Å². The molecule has 0 saturated carbocycles. The molecule has 1 amide bonds. The largest absolute Gasteiger partial charge is 0.322 e. The number of amides is 1. The first kappa shape index (κ1) is 16.0. The van der Waals surface area contributed by atoms with Crippen molar-refractivity contribution in [3.8, 4) is 11.3 Å². The quantitative estimate of drug-likeness (QED) is 0.549. The summed E-state index contributed by atoms with van der Waals surface area (Å²) in [6.45, 7) is 0. The zero-order valence-corrected chi connectivity index (χ0v) is 13.8. The number of carbonyl (C=O) groups is 1. The molecule has 1 aromatic heterocycles. The van der Waals surface area contributed by atoms with Crippen molar-refractivity contribution in [2.75, 3.05) is 5.32 Å². The number of benzene rings is 3. The number of hydrogen-bond acceptors (Lipinski definition) is 2. The molecular weight excluding hydrogens is 327 g/mol. The van der Waals surface area contributed by atoms with E-state index in [4.69, 9.17) is 0 Å². The number of anilines is 1. The van der Waals surface area contributed by atoms with Gasteiger partial charge in [-0.2, -0.15) is 0 Å². The molecule has 3 aromatic carbocycles. The zero-order chi connectivity index (χ0) is 17.9. The van der Waals surface area contributed by atoms with Crippen molar-refractivity contribution in [1.29, 1.82) is 0 Å². The summed E-state index contributed by atoms with van der Waals surface area (Å²) in [5, 5.41) is 3.51. The number of nitrogens with one attached hydrogen (secondary N) is 1. The van der Waals surface area contributed by atoms with Crippen LogP contribution in [-0.4, -0.2) is 10.9 Å². The molecule has 0 aliphatic rings. The van der Waals surface area contributed by atoms with Gasteiger partial charge in [0.1, 0.15) is 5.82 Å². The van der Waals surface area contributed by atoms with Crippen molar-refractivity contribution in [3.05, 3.63) is 96.3 Å². The number of para-hydroxylation sites is 1. The van der Waals surface area contributed by atoms with Gasteiger partial charge < -0.3 is 5.32 Å². The van der Waals surface area contributed by atoms with Crippen LogP contribution in [0.1, 0.15) is 10.4 Å². The summed E-state index contributed by atoms with van der Waals surface area (Å²) < 4.78 is 13.4. The van der Waals surface area contributed by atoms with E-state index in [1.807, 2.05) is 54.6 Å². The highest BCUT2D eigenvalue weighted by Crippen LogP contribution is 2.25. The lowest BCUT2D eigenvalue weighted by Gasteiger charge is -2.11. The fourth-order valence-corrected chi connectivity index (χ4v) is 2.88. The first-order chi connectivity index (χ1) is 12.7. The van der Waals surface area contributed by atoms with Gasteiger partial charge in [0.05, 0.1) is 16.8 Å². The van der Waals surface area contributed by atoms with Crippen LogP contribution < -0.4 is 5.32 Å². The minimum absolute atomic E-state index is 0.300. The Morgan fingerprint density at radius 3 is 2.42 bits per heavy atom. The molecule has 1 heterocycles. The Morgan fingerprint density at radius 2 is 1.62 bits per heavy atom. The van der Waals surface area contributed by atoms with Crippen molar-refractivity contribution in [1.82, 2.24) is 4.98 Å². The van der Waals surface area contributed by atoms with E-state index in [1.165, 1.54) is 12.1 Å². The monoisotopic (exact) mass is 342 g/mol. The second-order valence-electron chi connectivity index (χ2n) is 5.90. The van der Waals surface area contributed by atoms with Gasteiger partial charge in [0, 0.05) is 16.6 Å². The van der Waals surface area contributed by atoms with Gasteiger partial charge in [-0.1, -0.05) is 54.6 Å². The van der Waals surface area contributed by atoms with Crippen molar-refractivity contribution < 1.29 is 9.18 Å². The maximum absolute atomic E-state index is 13.4. The lowest BCUT2D eigenvalue weighted by molar-refractivity contribution is 0.102. The normalized spacial score (nSPS) is 10.7. The van der Waals surface area contributed by atoms with Crippen LogP contribution in [0.25, 0.3) is 22.2 Å². The Hall–Kier alpha value is -3.53. The summed E-state index contributed by atoms with van der Waals surface area (Å²) in [5.74, 6) is -0.696. The van der Waals surface area contributed by atoms with E-state index in [0.29, 0.717) is 16.9 Å². The maximum atomic E-state index is 13.4. The molecule has 0 fully saturated rings. The van der Waals surface area contributed by atoms with Gasteiger partial charge in [-0.15, -0.1) is 0 Å². The molecule has 1 N–H and O–H groups in total. The SMILES string of the molecule is O=C(Nc1cccc(F)c1)c1cc(-c2ccccc2)nc2ccccc12. The molecule has 26 heavy (non-hydrogen) atoms. The molecule has 126 valence electrons. The summed E-state index contributed by atoms with van der Waals surface area (Å²) in [6, 6.07) is 24.8. The number of aromatic nitrogens is 1. The molecule has 0 saturated heterocycles. The fourth-order valence-electron chi connectivity index (χ4n) is 2.88. The van der Waals surface area contributed by atoms with Gasteiger partial charge >= 0.3 is 0 Å². The Kier molecular flexibility index (Phi) is 4.15. The summed E-state index contributed by atoms with van der Waals surface area (Å²) in [5.41, 5.74) is 3.29. The number of rotatable bonds is 3. The first-order valence-corrected chi connectivity index (χ1v) is 8.23. The molecule has 0 unspecified atom stereocenters. The van der Waals surface area contributed by atoms with Crippen molar-refractivity contribution in [2.45, 2.75) is 0 Å². The molecule has 4 heteroatoms. The van der Waals surface area contributed by atoms with Gasteiger partial charge in [-0.3, -0.25) is 4.79 Å². The first-order valence-electron chi connectivity index (χ1n) is 8.23. The molecular formula is C22H15FN2O. The fraction of sp³-hybridized carbons (Fsp3) is 0. The van der Waals surface area contributed by atoms with Gasteiger partial charge in [0.15, 0.2) is 0 Å². The molecule has 0 radical (unpaired) electrons. The number of halogens is 1. The van der Waals surface area contributed by atoms with Gasteiger partial charge in [0.25, 0.3) is 5.91 Å². The number of pyridine rings is 1. The predicted octanol–water partition coefficient (Wildman–Crippen LogP) is 5.29. The third kappa shape index (κ3) is 3.17. The summed E-state index contributed by atoms with van der Waals surface area (Å²) in [4.78, 5) is 17.5. The van der Waals surface area contributed by atoms with Crippen LogP contribution in [-0.2, 0) is 0 Å². The second-order valence-corrected chi connectivity index (χ2v) is 5.90. The highest BCUT2D eigenvalue weighted by atomic mass is 19.1. The smallest absolute Gasteiger partial charge is 0.256 e. The molecule has 0 bridgehead atoms. The van der Waals surface area contributed by atoms with E-state index in [9.17, 15) is 9.18 Å². The summed E-state index contributed by atoms with van der Waals surface area (Å²) in [6.07, 6.45) is 0. The van der Waals surface area contributed by atoms with E-state index in [-0.39, 0.29) is 5.91 Å². The van der Waals surface area contributed by atoms with E-state index in [0.717, 1.165) is 16.5 Å². The Balaban J connectivity index is 1.81. The number of nitrogens with zero attached hydrogens (tertiary/aromatic N) is 1. The molecule has 4 rings (SSSR count). The van der Waals surface area contributed by atoms with Crippen LogP contribution in [0.3, 0.4) is 0 Å². The van der Waals surface area contributed by atoms with Crippen LogP contribution >= 0.6 is 0 Å². The predicted molar refractivity (Wildman–Crippen MR) is 102 cm³/mol. The van der Waals surface area contributed by atoms with Crippen LogP contribution in [0, 0.1) is 5.82 Å². The number of hydrogen-bond donors (Lipinski definition) is 1. The average Bonchev–Trinajstić information content (AvgIpc) is 2.68. The molecule has 3 nitrogen and oxygen atoms in total. The van der Waals surface area contributed by atoms with E-state index in [2.05, 4.69) is 10.3 Å². The summed E-state index contributed by atoms with van der Waals surface area (Å²) in [7, 11) is 0. The topological polar surface area (TPSA) is 42.0 Å². The van der Waals surface area contributed by atoms with Crippen LogP contribution in [0.5, 0.6) is 0 Å². The lowest BCUT2D eigenvalue weighted by Crippen LogP contribution is -2.13. The third-order valence-electron chi connectivity index (χ3n) is 4.11. The average molecular weight is 342 g/mol. The zero-order valence-electron chi connectivity index (χ0n) is 13.8. The Bertz CT molecular complexity index is 1090. The van der Waals surface area contributed by atoms with Gasteiger partial charge in [0.2, 0.25) is 0 Å². The highest BCUT2D eigenvalue weighted by Gasteiger charge is 2.14. The summed E-state index contributed by atoms with van der Waals surface area (Å²) >= 11 is 0. The van der Waals surface area contributed by atoms with Crippen LogP contribution in [0.2, 0.25) is 0 Å². The minimum atomic E-state index is -0.396. The molecule has 0 atom stereocenters. The van der Waals surface area contributed by atoms with E-state index >= 15 is 0 Å². The van der Waals surface area contributed by atoms with E-state index in [1.54, 1.807) is 18.2 Å². The minimum Gasteiger partial charge on any atom is -0.322 e. The van der Waals surface area contributed by atoms with Crippen LogP contribution in [0.4, 0.5) is 10.1 Å². The molecule has 0 aliphatic heterocycles. The van der Waals surface area contributed by atoms with Gasteiger partial charge in [-0.25, -0.2) is 9.37 Å². The number of carbonyl (C=O) groups excluding carboxylic acids is 1. The lowest BCUT2D eigenvalue weighted by atomic mass is 10.0. The Labute approximate surface area is 150 Å². The molecule has 4 aromatic rings. The maximum Gasteiger partial charge on any atom is 0.256 e. The van der Waals surface area contributed by atoms with Gasteiger partial charge in [-0.05, 0) is 30.3 Å². The van der Waals surface area contributed by atoms with E-state index < -0.39 is 5.82 Å². The van der Waals surface area contributed by atoms with Crippen LogP contribution in [0.15, 0.2) is 84.9 Å². The van der Waals surface area contributed by atoms with Crippen molar-refractivity contribution in [3.63, 3.8) is 0 Å². The van der Waals surface area contributed by atoms with Crippen molar-refractivity contribution >= 4 is 22.5 Å². The molecule has 0 aliphatic carbocycles. The molecule has 0 spiro atoms. The number of fused-ring (bicyclic) bond motifs is 1. The third-order valence-corrected chi connectivity index (χ3v) is 4.11. The Morgan fingerprint density at radius 1 is 0.846 bits per heavy atom.